The van der Waals surface area contributed by atoms with Gasteiger partial charge < -0.3 is 11.5 Å². The molecule has 0 aliphatic rings. The number of nitrogen functional groups attached to an aromatic ring is 1. The van der Waals surface area contributed by atoms with E-state index in [4.69, 9.17) is 11.5 Å². The zero-order chi connectivity index (χ0) is 15.6. The summed E-state index contributed by atoms with van der Waals surface area (Å²) in [4.78, 5) is 11.2. The first-order valence-electron chi connectivity index (χ1n) is 6.47. The first-order chi connectivity index (χ1) is 10.0. The second kappa shape index (κ2) is 5.58. The van der Waals surface area contributed by atoms with Crippen molar-refractivity contribution in [3.8, 4) is 11.9 Å². The molecular weight excluding hydrogens is 270 g/mol. The molecule has 0 bridgehead atoms. The molecule has 0 atom stereocenters. The summed E-state index contributed by atoms with van der Waals surface area (Å²) in [6, 6.07) is 2.13. The molecule has 0 spiro atoms. The molecule has 0 aliphatic heterocycles. The number of primary amides is 1. The molecule has 2 aromatic rings. The van der Waals surface area contributed by atoms with E-state index in [1.165, 1.54) is 10.9 Å². The molecule has 0 radical (unpaired) electrons. The normalized spacial score (nSPS) is 10.3. The first-order valence-corrected chi connectivity index (χ1v) is 6.47. The van der Waals surface area contributed by atoms with Gasteiger partial charge in [-0.25, -0.2) is 4.68 Å². The number of nitrogens with zero attached hydrogens (tertiary/aromatic N) is 5. The van der Waals surface area contributed by atoms with Crippen LogP contribution in [0.1, 0.15) is 41.2 Å². The first kappa shape index (κ1) is 14.5. The fourth-order valence-corrected chi connectivity index (χ4v) is 2.13. The van der Waals surface area contributed by atoms with E-state index in [1.54, 1.807) is 0 Å². The molecule has 0 saturated heterocycles. The maximum absolute atomic E-state index is 11.2. The number of amides is 1. The number of hydrogen-bond acceptors (Lipinski definition) is 6. The molecule has 0 aliphatic carbocycles. The van der Waals surface area contributed by atoms with Crippen LogP contribution in [0.2, 0.25) is 0 Å². The number of aromatic nitrogens is 4. The van der Waals surface area contributed by atoms with Crippen LogP contribution in [0.15, 0.2) is 6.20 Å². The van der Waals surface area contributed by atoms with Crippen LogP contribution in [0.4, 0.5) is 5.69 Å². The van der Waals surface area contributed by atoms with Crippen molar-refractivity contribution in [2.24, 2.45) is 5.73 Å². The van der Waals surface area contributed by atoms with Crippen molar-refractivity contribution >= 4 is 11.6 Å². The average Bonchev–Trinajstić information content (AvgIpc) is 2.87. The van der Waals surface area contributed by atoms with Gasteiger partial charge in [-0.3, -0.25) is 4.79 Å². The fraction of sp³-hybridized carbons (Fsp3) is 0.308. The summed E-state index contributed by atoms with van der Waals surface area (Å²) >= 11 is 0. The molecule has 2 heterocycles. The number of carbonyl (C=O) groups is 1. The highest BCUT2D eigenvalue weighted by Gasteiger charge is 2.19. The smallest absolute Gasteiger partial charge is 0.271 e. The number of rotatable bonds is 4. The third-order valence-corrected chi connectivity index (χ3v) is 3.13. The molecule has 8 nitrogen and oxygen atoms in total. The van der Waals surface area contributed by atoms with Crippen LogP contribution >= 0.6 is 0 Å². The van der Waals surface area contributed by atoms with Crippen molar-refractivity contribution in [3.63, 3.8) is 0 Å². The number of nitrogens with two attached hydrogens (primary N) is 2. The Labute approximate surface area is 121 Å². The molecule has 8 heteroatoms. The summed E-state index contributed by atoms with van der Waals surface area (Å²) in [5.41, 5.74) is 12.9. The lowest BCUT2D eigenvalue weighted by atomic mass is 10.0. The van der Waals surface area contributed by atoms with Crippen molar-refractivity contribution in [3.05, 3.63) is 28.7 Å². The van der Waals surface area contributed by atoms with Crippen LogP contribution in [0.3, 0.4) is 0 Å². The molecule has 2 rings (SSSR count). The Morgan fingerprint density at radius 1 is 1.38 bits per heavy atom. The number of aryl methyl sites for hydroxylation is 1. The van der Waals surface area contributed by atoms with Crippen molar-refractivity contribution in [2.75, 3.05) is 5.73 Å². The number of nitriles is 1. The predicted octanol–water partition coefficient (Wildman–Crippen LogP) is 0.340. The van der Waals surface area contributed by atoms with Crippen molar-refractivity contribution in [1.29, 1.82) is 5.26 Å². The molecule has 4 N–H and O–H groups in total. The van der Waals surface area contributed by atoms with Gasteiger partial charge in [-0.15, -0.1) is 5.10 Å². The van der Waals surface area contributed by atoms with E-state index in [9.17, 15) is 10.1 Å². The van der Waals surface area contributed by atoms with E-state index in [1.807, 2.05) is 13.8 Å². The maximum Gasteiger partial charge on any atom is 0.271 e. The van der Waals surface area contributed by atoms with Crippen LogP contribution in [-0.2, 0) is 12.8 Å². The van der Waals surface area contributed by atoms with E-state index < -0.39 is 5.91 Å². The third kappa shape index (κ3) is 2.41. The molecular formula is C13H15N7O. The van der Waals surface area contributed by atoms with Crippen LogP contribution < -0.4 is 11.5 Å². The maximum atomic E-state index is 11.2. The topological polar surface area (TPSA) is 136 Å². The highest BCUT2D eigenvalue weighted by Crippen LogP contribution is 2.20. The van der Waals surface area contributed by atoms with Crippen LogP contribution in [-0.4, -0.2) is 25.9 Å². The molecule has 0 aromatic carbocycles. The predicted molar refractivity (Wildman–Crippen MR) is 75.6 cm³/mol. The fourth-order valence-electron chi connectivity index (χ4n) is 2.13. The molecule has 1 amide bonds. The standard InChI is InChI=1S/C13H15N7O/c1-3-7-8(5-14)13(18-17-10(7)4-2)20-6-9(15)11(19-20)12(16)21/h6H,3-4,15H2,1-2H3,(H2,16,21). The third-order valence-electron chi connectivity index (χ3n) is 3.13. The van der Waals surface area contributed by atoms with E-state index in [0.29, 0.717) is 18.4 Å². The SMILES string of the molecule is CCc1nnc(-n2cc(N)c(C(N)=O)n2)c(C#N)c1CC. The zero-order valence-electron chi connectivity index (χ0n) is 11.8. The zero-order valence-corrected chi connectivity index (χ0v) is 11.8. The second-order valence-corrected chi connectivity index (χ2v) is 4.38. The Hall–Kier alpha value is -2.95. The Balaban J connectivity index is 2.67. The summed E-state index contributed by atoms with van der Waals surface area (Å²) in [6.45, 7) is 3.88. The summed E-state index contributed by atoms with van der Waals surface area (Å²) in [5.74, 6) is -0.496. The molecule has 108 valence electrons. The number of carbonyl (C=O) groups excluding carboxylic acids is 1. The van der Waals surface area contributed by atoms with Gasteiger partial charge >= 0.3 is 0 Å². The quantitative estimate of drug-likeness (QED) is 0.831. The Morgan fingerprint density at radius 3 is 2.57 bits per heavy atom. The highest BCUT2D eigenvalue weighted by atomic mass is 16.1. The summed E-state index contributed by atoms with van der Waals surface area (Å²) in [7, 11) is 0. The Bertz CT molecular complexity index is 742. The van der Waals surface area contributed by atoms with E-state index in [0.717, 1.165) is 11.3 Å². The monoisotopic (exact) mass is 285 g/mol. The summed E-state index contributed by atoms with van der Waals surface area (Å²) in [5, 5.41) is 21.5. The van der Waals surface area contributed by atoms with Crippen LogP contribution in [0.25, 0.3) is 5.82 Å². The lowest BCUT2D eigenvalue weighted by Gasteiger charge is -2.09. The minimum Gasteiger partial charge on any atom is -0.396 e. The van der Waals surface area contributed by atoms with E-state index in [2.05, 4.69) is 21.4 Å². The van der Waals surface area contributed by atoms with Gasteiger partial charge in [-0.2, -0.15) is 15.5 Å². The van der Waals surface area contributed by atoms with Crippen LogP contribution in [0.5, 0.6) is 0 Å². The van der Waals surface area contributed by atoms with Gasteiger partial charge in [0.05, 0.1) is 17.6 Å². The van der Waals surface area contributed by atoms with E-state index in [-0.39, 0.29) is 17.2 Å². The largest absolute Gasteiger partial charge is 0.396 e. The van der Waals surface area contributed by atoms with Gasteiger partial charge in [0.1, 0.15) is 11.6 Å². The molecule has 0 unspecified atom stereocenters. The lowest BCUT2D eigenvalue weighted by Crippen LogP contribution is -2.15. The number of anilines is 1. The number of hydrogen-bond donors (Lipinski definition) is 2. The van der Waals surface area contributed by atoms with Crippen LogP contribution in [0, 0.1) is 11.3 Å². The molecule has 21 heavy (non-hydrogen) atoms. The summed E-state index contributed by atoms with van der Waals surface area (Å²) in [6.07, 6.45) is 2.73. The van der Waals surface area contributed by atoms with Gasteiger partial charge in [-0.1, -0.05) is 13.8 Å². The van der Waals surface area contributed by atoms with Crippen molar-refractivity contribution < 1.29 is 4.79 Å². The lowest BCUT2D eigenvalue weighted by molar-refractivity contribution is 0.0996. The van der Waals surface area contributed by atoms with Gasteiger partial charge in [0.2, 0.25) is 0 Å². The minimum atomic E-state index is -0.737. The highest BCUT2D eigenvalue weighted by molar-refractivity contribution is 5.95. The molecule has 0 saturated carbocycles. The van der Waals surface area contributed by atoms with Gasteiger partial charge in [0.25, 0.3) is 5.91 Å². The second-order valence-electron chi connectivity index (χ2n) is 4.38. The summed E-state index contributed by atoms with van der Waals surface area (Å²) < 4.78 is 1.26. The van der Waals surface area contributed by atoms with Gasteiger partial charge in [0, 0.05) is 0 Å². The van der Waals surface area contributed by atoms with Gasteiger partial charge in [-0.05, 0) is 18.4 Å². The molecule has 2 aromatic heterocycles. The minimum absolute atomic E-state index is 0.0571. The van der Waals surface area contributed by atoms with Crippen molar-refractivity contribution in [2.45, 2.75) is 26.7 Å². The Morgan fingerprint density at radius 2 is 2.10 bits per heavy atom. The van der Waals surface area contributed by atoms with Gasteiger partial charge in [0.15, 0.2) is 11.5 Å². The van der Waals surface area contributed by atoms with E-state index >= 15 is 0 Å². The average molecular weight is 285 g/mol. The molecule has 0 fully saturated rings. The Kier molecular flexibility index (Phi) is 3.84. The van der Waals surface area contributed by atoms with Crippen molar-refractivity contribution in [1.82, 2.24) is 20.0 Å².